The quantitative estimate of drug-likeness (QED) is 0.533. The number of pyridine rings is 1. The van der Waals surface area contributed by atoms with Crippen LogP contribution in [0.1, 0.15) is 11.3 Å². The Morgan fingerprint density at radius 2 is 1.84 bits per heavy atom. The number of benzene rings is 2. The molecule has 0 saturated heterocycles. The molecule has 6 heteroatoms. The second kappa shape index (κ2) is 6.24. The van der Waals surface area contributed by atoms with Gasteiger partial charge < -0.3 is 9.47 Å². The fourth-order valence-corrected chi connectivity index (χ4v) is 2.75. The van der Waals surface area contributed by atoms with Gasteiger partial charge in [0.15, 0.2) is 11.5 Å². The second-order valence-corrected chi connectivity index (χ2v) is 5.57. The first-order valence-corrected chi connectivity index (χ1v) is 7.82. The number of non-ortho nitro benzene ring substituents is 1. The highest BCUT2D eigenvalue weighted by atomic mass is 16.6. The molecule has 1 aliphatic rings. The molecule has 0 unspecified atom stereocenters. The average Bonchev–Trinajstić information content (AvgIpc) is 2.65. The van der Waals surface area contributed by atoms with Crippen LogP contribution in [-0.2, 0) is 0 Å². The van der Waals surface area contributed by atoms with E-state index in [9.17, 15) is 10.1 Å². The van der Waals surface area contributed by atoms with E-state index in [4.69, 9.17) is 9.47 Å². The number of hydrogen-bond donors (Lipinski definition) is 0. The van der Waals surface area contributed by atoms with Gasteiger partial charge in [-0.1, -0.05) is 18.2 Å². The molecule has 0 radical (unpaired) electrons. The summed E-state index contributed by atoms with van der Waals surface area (Å²) in [5.74, 6) is 1.48. The molecule has 1 aliphatic heterocycles. The van der Waals surface area contributed by atoms with Gasteiger partial charge in [0.05, 0.1) is 21.5 Å². The molecule has 3 aromatic rings. The molecular formula is C19H14N2O4. The SMILES string of the molecule is O=[N+]([O-])c1cccc2nc(C=Cc3ccc4c(c3)OCCO4)ccc12. The van der Waals surface area contributed by atoms with Crippen LogP contribution in [0.25, 0.3) is 23.1 Å². The first kappa shape index (κ1) is 15.1. The van der Waals surface area contributed by atoms with E-state index in [-0.39, 0.29) is 5.69 Å². The normalized spacial score (nSPS) is 13.3. The van der Waals surface area contributed by atoms with Gasteiger partial charge in [-0.05, 0) is 42.0 Å². The Hall–Kier alpha value is -3.41. The van der Waals surface area contributed by atoms with Crippen LogP contribution in [0.5, 0.6) is 11.5 Å². The van der Waals surface area contributed by atoms with Gasteiger partial charge in [0.1, 0.15) is 13.2 Å². The number of ether oxygens (including phenoxy) is 2. The molecule has 1 aromatic heterocycles. The highest BCUT2D eigenvalue weighted by molar-refractivity contribution is 5.89. The first-order valence-electron chi connectivity index (χ1n) is 7.82. The van der Waals surface area contributed by atoms with E-state index in [0.29, 0.717) is 24.1 Å². The molecule has 0 aliphatic carbocycles. The lowest BCUT2D eigenvalue weighted by molar-refractivity contribution is -0.383. The molecule has 0 fully saturated rings. The number of hydrogen-bond acceptors (Lipinski definition) is 5. The molecule has 25 heavy (non-hydrogen) atoms. The summed E-state index contributed by atoms with van der Waals surface area (Å²) in [5, 5.41) is 11.6. The Morgan fingerprint density at radius 1 is 1.00 bits per heavy atom. The highest BCUT2D eigenvalue weighted by Gasteiger charge is 2.12. The van der Waals surface area contributed by atoms with Crippen molar-refractivity contribution in [2.75, 3.05) is 13.2 Å². The van der Waals surface area contributed by atoms with Crippen molar-refractivity contribution in [3.63, 3.8) is 0 Å². The summed E-state index contributed by atoms with van der Waals surface area (Å²) in [5.41, 5.74) is 2.35. The second-order valence-electron chi connectivity index (χ2n) is 5.57. The summed E-state index contributed by atoms with van der Waals surface area (Å²) in [6.45, 7) is 1.11. The third-order valence-corrected chi connectivity index (χ3v) is 3.94. The van der Waals surface area contributed by atoms with Crippen molar-refractivity contribution >= 4 is 28.7 Å². The van der Waals surface area contributed by atoms with E-state index < -0.39 is 4.92 Å². The van der Waals surface area contributed by atoms with Crippen LogP contribution in [0.2, 0.25) is 0 Å². The molecule has 0 spiro atoms. The zero-order chi connectivity index (χ0) is 17.2. The molecule has 2 heterocycles. The molecule has 0 bridgehead atoms. The van der Waals surface area contributed by atoms with Crippen LogP contribution >= 0.6 is 0 Å². The molecule has 0 N–H and O–H groups in total. The molecule has 4 rings (SSSR count). The van der Waals surface area contributed by atoms with Crippen LogP contribution in [-0.4, -0.2) is 23.1 Å². The molecule has 124 valence electrons. The van der Waals surface area contributed by atoms with Crippen LogP contribution in [0.15, 0.2) is 48.5 Å². The van der Waals surface area contributed by atoms with E-state index in [2.05, 4.69) is 4.98 Å². The van der Waals surface area contributed by atoms with Crippen molar-refractivity contribution < 1.29 is 14.4 Å². The van der Waals surface area contributed by atoms with Crippen molar-refractivity contribution in [3.05, 3.63) is 69.9 Å². The summed E-state index contributed by atoms with van der Waals surface area (Å²) in [6, 6.07) is 14.1. The minimum atomic E-state index is -0.394. The smallest absolute Gasteiger partial charge is 0.278 e. The zero-order valence-corrected chi connectivity index (χ0v) is 13.2. The Bertz CT molecular complexity index is 998. The minimum Gasteiger partial charge on any atom is -0.486 e. The number of nitro groups is 1. The number of nitro benzene ring substituents is 1. The van der Waals surface area contributed by atoms with Gasteiger partial charge in [0, 0.05) is 6.07 Å². The molecule has 0 amide bonds. The average molecular weight is 334 g/mol. The predicted octanol–water partition coefficient (Wildman–Crippen LogP) is 4.08. The molecule has 0 saturated carbocycles. The van der Waals surface area contributed by atoms with E-state index in [1.807, 2.05) is 30.4 Å². The fourth-order valence-electron chi connectivity index (χ4n) is 2.75. The lowest BCUT2D eigenvalue weighted by Crippen LogP contribution is -2.15. The summed E-state index contributed by atoms with van der Waals surface area (Å²) < 4.78 is 11.1. The third-order valence-electron chi connectivity index (χ3n) is 3.94. The van der Waals surface area contributed by atoms with E-state index in [1.54, 1.807) is 24.3 Å². The lowest BCUT2D eigenvalue weighted by Gasteiger charge is -2.18. The Labute approximate surface area is 143 Å². The minimum absolute atomic E-state index is 0.0624. The molecule has 6 nitrogen and oxygen atoms in total. The van der Waals surface area contributed by atoms with Gasteiger partial charge in [-0.3, -0.25) is 10.1 Å². The van der Waals surface area contributed by atoms with E-state index in [1.165, 1.54) is 6.07 Å². The fraction of sp³-hybridized carbons (Fsp3) is 0.105. The van der Waals surface area contributed by atoms with Gasteiger partial charge in [-0.25, -0.2) is 4.98 Å². The standard InChI is InChI=1S/C19H14N2O4/c22-21(23)17-3-1-2-16-15(17)8-7-14(20-16)6-4-13-5-9-18-19(12-13)25-11-10-24-18/h1-9,12H,10-11H2. The van der Waals surface area contributed by atoms with Crippen molar-refractivity contribution in [2.45, 2.75) is 0 Å². The van der Waals surface area contributed by atoms with Crippen molar-refractivity contribution in [2.24, 2.45) is 0 Å². The lowest BCUT2D eigenvalue weighted by atomic mass is 10.1. The van der Waals surface area contributed by atoms with Crippen molar-refractivity contribution in [1.82, 2.24) is 4.98 Å². The largest absolute Gasteiger partial charge is 0.486 e. The Morgan fingerprint density at radius 3 is 2.68 bits per heavy atom. The summed E-state index contributed by atoms with van der Waals surface area (Å²) in [6.07, 6.45) is 3.79. The number of nitrogens with zero attached hydrogens (tertiary/aromatic N) is 2. The summed E-state index contributed by atoms with van der Waals surface area (Å²) in [7, 11) is 0. The Balaban J connectivity index is 1.64. The van der Waals surface area contributed by atoms with Crippen molar-refractivity contribution in [3.8, 4) is 11.5 Å². The molecule has 2 aromatic carbocycles. The van der Waals surface area contributed by atoms with Crippen LogP contribution in [0.3, 0.4) is 0 Å². The first-order chi connectivity index (χ1) is 12.2. The molecule has 0 atom stereocenters. The van der Waals surface area contributed by atoms with Gasteiger partial charge in [-0.2, -0.15) is 0 Å². The topological polar surface area (TPSA) is 74.5 Å². The van der Waals surface area contributed by atoms with Crippen LogP contribution in [0, 0.1) is 10.1 Å². The zero-order valence-electron chi connectivity index (χ0n) is 13.2. The van der Waals surface area contributed by atoms with Gasteiger partial charge in [0.2, 0.25) is 0 Å². The van der Waals surface area contributed by atoms with Gasteiger partial charge in [-0.15, -0.1) is 0 Å². The monoisotopic (exact) mass is 334 g/mol. The maximum absolute atomic E-state index is 11.1. The number of rotatable bonds is 3. The molecular weight excluding hydrogens is 320 g/mol. The third kappa shape index (κ3) is 3.01. The Kier molecular flexibility index (Phi) is 3.78. The summed E-state index contributed by atoms with van der Waals surface area (Å²) in [4.78, 5) is 15.1. The highest BCUT2D eigenvalue weighted by Crippen LogP contribution is 2.31. The number of aromatic nitrogens is 1. The van der Waals surface area contributed by atoms with Crippen LogP contribution < -0.4 is 9.47 Å². The van der Waals surface area contributed by atoms with Crippen LogP contribution in [0.4, 0.5) is 5.69 Å². The van der Waals surface area contributed by atoms with E-state index in [0.717, 1.165) is 22.8 Å². The van der Waals surface area contributed by atoms with Gasteiger partial charge >= 0.3 is 0 Å². The predicted molar refractivity (Wildman–Crippen MR) is 94.8 cm³/mol. The maximum atomic E-state index is 11.1. The van der Waals surface area contributed by atoms with Crippen molar-refractivity contribution in [1.29, 1.82) is 0 Å². The summed E-state index contributed by atoms with van der Waals surface area (Å²) >= 11 is 0. The maximum Gasteiger partial charge on any atom is 0.278 e. The van der Waals surface area contributed by atoms with E-state index >= 15 is 0 Å². The number of fused-ring (bicyclic) bond motifs is 2. The van der Waals surface area contributed by atoms with Gasteiger partial charge in [0.25, 0.3) is 5.69 Å².